The molecule has 0 aliphatic carbocycles. The molecule has 0 spiro atoms. The van der Waals surface area contributed by atoms with Gasteiger partial charge in [-0.1, -0.05) is 0 Å². The lowest BCUT2D eigenvalue weighted by Gasteiger charge is -1.98. The predicted octanol–water partition coefficient (Wildman–Crippen LogP) is 1.19. The van der Waals surface area contributed by atoms with Crippen molar-refractivity contribution in [1.29, 1.82) is 0 Å². The Kier molecular flexibility index (Phi) is 2.00. The fraction of sp³-hybridized carbons (Fsp3) is 0.100. The Morgan fingerprint density at radius 1 is 1.47 bits per heavy atom. The van der Waals surface area contributed by atoms with E-state index in [0.29, 0.717) is 10.9 Å². The van der Waals surface area contributed by atoms with Crippen LogP contribution in [-0.2, 0) is 0 Å². The molecule has 0 amide bonds. The van der Waals surface area contributed by atoms with E-state index in [4.69, 9.17) is 9.52 Å². The molecule has 15 heavy (non-hydrogen) atoms. The maximum atomic E-state index is 11.1. The van der Waals surface area contributed by atoms with Crippen molar-refractivity contribution in [3.63, 3.8) is 0 Å². The van der Waals surface area contributed by atoms with Crippen LogP contribution < -0.4 is 5.63 Å². The first-order chi connectivity index (χ1) is 7.08. The van der Waals surface area contributed by atoms with Gasteiger partial charge in [0.1, 0.15) is 0 Å². The number of carboxylic acids is 1. The molecule has 2 aromatic heterocycles. The third-order valence-corrected chi connectivity index (χ3v) is 2.01. The Morgan fingerprint density at radius 2 is 2.20 bits per heavy atom. The fourth-order valence-electron chi connectivity index (χ4n) is 1.24. The Balaban J connectivity index is 2.77. The van der Waals surface area contributed by atoms with Gasteiger partial charge in [0.25, 0.3) is 0 Å². The lowest BCUT2D eigenvalue weighted by molar-refractivity contribution is 0.0696. The van der Waals surface area contributed by atoms with Gasteiger partial charge in [0.05, 0.1) is 5.56 Å². The molecule has 0 unspecified atom stereocenters. The summed E-state index contributed by atoms with van der Waals surface area (Å²) < 4.78 is 4.87. The van der Waals surface area contributed by atoms with E-state index in [-0.39, 0.29) is 11.3 Å². The number of rotatable bonds is 1. The zero-order valence-corrected chi connectivity index (χ0v) is 7.85. The van der Waals surface area contributed by atoms with Crippen LogP contribution in [0, 0.1) is 6.92 Å². The third kappa shape index (κ3) is 1.59. The average Bonchev–Trinajstić information content (AvgIpc) is 2.19. The monoisotopic (exact) mass is 205 g/mol. The summed E-state index contributed by atoms with van der Waals surface area (Å²) in [6.07, 6.45) is 1.16. The van der Waals surface area contributed by atoms with Crippen LogP contribution in [0.4, 0.5) is 0 Å². The van der Waals surface area contributed by atoms with E-state index >= 15 is 0 Å². The molecular weight excluding hydrogens is 198 g/mol. The average molecular weight is 205 g/mol. The van der Waals surface area contributed by atoms with Crippen LogP contribution in [-0.4, -0.2) is 16.1 Å². The zero-order valence-electron chi connectivity index (χ0n) is 7.85. The maximum absolute atomic E-state index is 11.1. The van der Waals surface area contributed by atoms with Gasteiger partial charge in [-0.3, -0.25) is 0 Å². The van der Waals surface area contributed by atoms with Crippen LogP contribution in [0.15, 0.2) is 27.5 Å². The summed E-state index contributed by atoms with van der Waals surface area (Å²) in [7, 11) is 0. The van der Waals surface area contributed by atoms with Gasteiger partial charge in [-0.25, -0.2) is 14.6 Å². The molecule has 2 aromatic rings. The minimum Gasteiger partial charge on any atom is -0.478 e. The lowest BCUT2D eigenvalue weighted by atomic mass is 10.2. The van der Waals surface area contributed by atoms with Crippen LogP contribution in [0.25, 0.3) is 11.1 Å². The van der Waals surface area contributed by atoms with Crippen molar-refractivity contribution in [3.05, 3.63) is 39.9 Å². The molecule has 2 rings (SSSR count). The second kappa shape index (κ2) is 3.20. The molecule has 2 heterocycles. The first-order valence-electron chi connectivity index (χ1n) is 4.22. The van der Waals surface area contributed by atoms with Crippen molar-refractivity contribution in [3.8, 4) is 0 Å². The van der Waals surface area contributed by atoms with E-state index in [9.17, 15) is 9.59 Å². The molecule has 0 saturated carbocycles. The fourth-order valence-corrected chi connectivity index (χ4v) is 1.24. The van der Waals surface area contributed by atoms with Gasteiger partial charge >= 0.3 is 11.6 Å². The van der Waals surface area contributed by atoms with Crippen LogP contribution >= 0.6 is 0 Å². The number of hydrogen-bond donors (Lipinski definition) is 1. The summed E-state index contributed by atoms with van der Waals surface area (Å²) in [6, 6.07) is 2.97. The molecule has 0 aliphatic heterocycles. The molecular formula is C10H7NO4. The number of aromatic nitrogens is 1. The Labute approximate surface area is 84.0 Å². The van der Waals surface area contributed by atoms with Gasteiger partial charge in [-0.15, -0.1) is 0 Å². The van der Waals surface area contributed by atoms with Crippen LogP contribution in [0.2, 0.25) is 0 Å². The van der Waals surface area contributed by atoms with Gasteiger partial charge < -0.3 is 9.52 Å². The summed E-state index contributed by atoms with van der Waals surface area (Å²) in [6.45, 7) is 1.60. The zero-order chi connectivity index (χ0) is 11.0. The van der Waals surface area contributed by atoms with Crippen molar-refractivity contribution in [2.45, 2.75) is 6.92 Å². The van der Waals surface area contributed by atoms with E-state index in [0.717, 1.165) is 6.20 Å². The van der Waals surface area contributed by atoms with Gasteiger partial charge in [-0.05, 0) is 19.1 Å². The number of pyridine rings is 1. The van der Waals surface area contributed by atoms with Crippen LogP contribution in [0.5, 0.6) is 0 Å². The molecule has 0 aromatic carbocycles. The molecule has 5 nitrogen and oxygen atoms in total. The highest BCUT2D eigenvalue weighted by molar-refractivity contribution is 5.91. The van der Waals surface area contributed by atoms with Gasteiger partial charge in [0.2, 0.25) is 5.71 Å². The summed E-state index contributed by atoms with van der Waals surface area (Å²) in [5.41, 5.74) is 0.177. The minimum atomic E-state index is -1.06. The number of carboxylic acid groups (broad SMARTS) is 1. The molecule has 76 valence electrons. The van der Waals surface area contributed by atoms with Crippen LogP contribution in [0.1, 0.15) is 15.9 Å². The van der Waals surface area contributed by atoms with Gasteiger partial charge in [0.15, 0.2) is 0 Å². The van der Waals surface area contributed by atoms with E-state index < -0.39 is 11.6 Å². The SMILES string of the molecule is Cc1cc2cc(C(=O)O)cnc2oc1=O. The van der Waals surface area contributed by atoms with Gasteiger partial charge in [0, 0.05) is 17.1 Å². The topological polar surface area (TPSA) is 80.4 Å². The van der Waals surface area contributed by atoms with Crippen molar-refractivity contribution in [2.24, 2.45) is 0 Å². The number of nitrogens with zero attached hydrogens (tertiary/aromatic N) is 1. The lowest BCUT2D eigenvalue weighted by Crippen LogP contribution is -2.04. The summed E-state index contributed by atoms with van der Waals surface area (Å²) in [5.74, 6) is -1.06. The van der Waals surface area contributed by atoms with E-state index in [1.165, 1.54) is 6.07 Å². The van der Waals surface area contributed by atoms with Gasteiger partial charge in [-0.2, -0.15) is 0 Å². The number of aryl methyl sites for hydroxylation is 1. The summed E-state index contributed by atoms with van der Waals surface area (Å²) in [5, 5.41) is 9.24. The predicted molar refractivity (Wildman–Crippen MR) is 52.0 cm³/mol. The van der Waals surface area contributed by atoms with Crippen molar-refractivity contribution in [2.75, 3.05) is 0 Å². The Bertz CT molecular complexity index is 600. The first kappa shape index (κ1) is 9.39. The summed E-state index contributed by atoms with van der Waals surface area (Å²) >= 11 is 0. The third-order valence-electron chi connectivity index (χ3n) is 2.01. The molecule has 0 fully saturated rings. The highest BCUT2D eigenvalue weighted by atomic mass is 16.4. The molecule has 0 aliphatic rings. The molecule has 0 atom stereocenters. The largest absolute Gasteiger partial charge is 0.478 e. The quantitative estimate of drug-likeness (QED) is 0.756. The van der Waals surface area contributed by atoms with Crippen molar-refractivity contribution < 1.29 is 14.3 Å². The molecule has 0 bridgehead atoms. The van der Waals surface area contributed by atoms with E-state index in [1.807, 2.05) is 0 Å². The number of aromatic carboxylic acids is 1. The molecule has 5 heteroatoms. The normalized spacial score (nSPS) is 10.5. The minimum absolute atomic E-state index is 0.0655. The second-order valence-electron chi connectivity index (χ2n) is 3.14. The van der Waals surface area contributed by atoms with E-state index in [2.05, 4.69) is 4.98 Å². The van der Waals surface area contributed by atoms with E-state index in [1.54, 1.807) is 13.0 Å². The number of hydrogen-bond acceptors (Lipinski definition) is 4. The van der Waals surface area contributed by atoms with Crippen molar-refractivity contribution >= 4 is 17.1 Å². The number of fused-ring (bicyclic) bond motifs is 1. The standard InChI is InChI=1S/C10H7NO4/c1-5-2-6-3-7(9(12)13)4-11-8(6)15-10(5)14/h2-4H,1H3,(H,12,13). The highest BCUT2D eigenvalue weighted by Gasteiger charge is 2.07. The first-order valence-corrected chi connectivity index (χ1v) is 4.22. The van der Waals surface area contributed by atoms with Crippen LogP contribution in [0.3, 0.4) is 0 Å². The summed E-state index contributed by atoms with van der Waals surface area (Å²) in [4.78, 5) is 25.5. The Hall–Kier alpha value is -2.17. The molecule has 1 N–H and O–H groups in total. The molecule has 0 radical (unpaired) electrons. The smallest absolute Gasteiger partial charge is 0.340 e. The Morgan fingerprint density at radius 3 is 2.87 bits per heavy atom. The maximum Gasteiger partial charge on any atom is 0.340 e. The molecule has 0 saturated heterocycles. The highest BCUT2D eigenvalue weighted by Crippen LogP contribution is 2.12. The second-order valence-corrected chi connectivity index (χ2v) is 3.14. The van der Waals surface area contributed by atoms with Crippen molar-refractivity contribution in [1.82, 2.24) is 4.98 Å². The number of carbonyl (C=O) groups is 1.